The van der Waals surface area contributed by atoms with Gasteiger partial charge in [0.05, 0.1) is 5.56 Å². The van der Waals surface area contributed by atoms with E-state index in [1.807, 2.05) is 0 Å². The van der Waals surface area contributed by atoms with E-state index in [2.05, 4.69) is 4.98 Å². The Hall–Kier alpha value is -1.57. The molecule has 12 heavy (non-hydrogen) atoms. The summed E-state index contributed by atoms with van der Waals surface area (Å²) in [5.41, 5.74) is -1.50. The van der Waals surface area contributed by atoms with Crippen LogP contribution >= 0.6 is 0 Å². The van der Waals surface area contributed by atoms with Gasteiger partial charge in [0.25, 0.3) is 6.43 Å². The van der Waals surface area contributed by atoms with Crippen LogP contribution in [-0.4, -0.2) is 4.98 Å². The molecule has 0 aliphatic heterocycles. The van der Waals surface area contributed by atoms with Crippen LogP contribution < -0.4 is 0 Å². The predicted octanol–water partition coefficient (Wildman–Crippen LogP) is 2.03. The molecule has 0 fully saturated rings. The fourth-order valence-electron chi connectivity index (χ4n) is 0.746. The van der Waals surface area contributed by atoms with Gasteiger partial charge < -0.3 is 0 Å². The molecule has 0 spiro atoms. The van der Waals surface area contributed by atoms with Crippen molar-refractivity contribution in [1.29, 1.82) is 5.26 Å². The van der Waals surface area contributed by atoms with Crippen LogP contribution in [0.4, 0.5) is 13.2 Å². The maximum atomic E-state index is 12.6. The molecule has 0 bridgehead atoms. The SMILES string of the molecule is N#Cc1nccc(F)c1C(F)F. The van der Waals surface area contributed by atoms with Crippen LogP contribution in [0.25, 0.3) is 0 Å². The highest BCUT2D eigenvalue weighted by atomic mass is 19.3. The Bertz CT molecular complexity index is 330. The van der Waals surface area contributed by atoms with Crippen molar-refractivity contribution in [2.45, 2.75) is 6.43 Å². The van der Waals surface area contributed by atoms with Gasteiger partial charge in [-0.2, -0.15) is 5.26 Å². The van der Waals surface area contributed by atoms with E-state index in [1.54, 1.807) is 0 Å². The maximum absolute atomic E-state index is 12.6. The van der Waals surface area contributed by atoms with Crippen molar-refractivity contribution >= 4 is 0 Å². The summed E-state index contributed by atoms with van der Waals surface area (Å²) in [7, 11) is 0. The van der Waals surface area contributed by atoms with Crippen molar-refractivity contribution in [3.63, 3.8) is 0 Å². The molecule has 0 radical (unpaired) electrons. The van der Waals surface area contributed by atoms with Crippen molar-refractivity contribution in [3.05, 3.63) is 29.3 Å². The molecule has 0 amide bonds. The van der Waals surface area contributed by atoms with Gasteiger partial charge in [0.1, 0.15) is 11.9 Å². The molecule has 0 saturated carbocycles. The summed E-state index contributed by atoms with van der Waals surface area (Å²) in [5, 5.41) is 8.28. The second-order valence-electron chi connectivity index (χ2n) is 1.97. The number of hydrogen-bond acceptors (Lipinski definition) is 2. The number of pyridine rings is 1. The first kappa shape index (κ1) is 8.53. The second kappa shape index (κ2) is 3.22. The van der Waals surface area contributed by atoms with E-state index < -0.39 is 23.5 Å². The largest absolute Gasteiger partial charge is 0.269 e. The van der Waals surface area contributed by atoms with Gasteiger partial charge in [0.2, 0.25) is 0 Å². The topological polar surface area (TPSA) is 36.7 Å². The minimum absolute atomic E-state index is 0.565. The zero-order valence-corrected chi connectivity index (χ0v) is 5.76. The Balaban J connectivity index is 3.32. The first-order valence-corrected chi connectivity index (χ1v) is 2.99. The van der Waals surface area contributed by atoms with Crippen LogP contribution in [0.15, 0.2) is 12.3 Å². The number of alkyl halides is 2. The van der Waals surface area contributed by atoms with Crippen LogP contribution in [-0.2, 0) is 0 Å². The van der Waals surface area contributed by atoms with Crippen LogP contribution in [0.5, 0.6) is 0 Å². The van der Waals surface area contributed by atoms with E-state index in [1.165, 1.54) is 6.07 Å². The predicted molar refractivity (Wildman–Crippen MR) is 33.9 cm³/mol. The van der Waals surface area contributed by atoms with Gasteiger partial charge in [-0.1, -0.05) is 0 Å². The standard InChI is InChI=1S/C7H3F3N2/c8-4-1-2-12-5(3-11)6(4)7(9)10/h1-2,7H. The molecule has 1 heterocycles. The Labute approximate surface area is 66.3 Å². The molecule has 0 atom stereocenters. The van der Waals surface area contributed by atoms with E-state index in [0.717, 1.165) is 12.3 Å². The molecule has 0 unspecified atom stereocenters. The molecule has 0 aromatic carbocycles. The highest BCUT2D eigenvalue weighted by molar-refractivity contribution is 5.32. The quantitative estimate of drug-likeness (QED) is 0.649. The monoisotopic (exact) mass is 172 g/mol. The summed E-state index contributed by atoms with van der Waals surface area (Å²) < 4.78 is 36.7. The van der Waals surface area contributed by atoms with Gasteiger partial charge in [-0.05, 0) is 6.07 Å². The van der Waals surface area contributed by atoms with Crippen molar-refractivity contribution in [1.82, 2.24) is 4.98 Å². The zero-order chi connectivity index (χ0) is 9.14. The molecule has 0 aliphatic rings. The molecular formula is C7H3F3N2. The van der Waals surface area contributed by atoms with Gasteiger partial charge in [-0.3, -0.25) is 0 Å². The van der Waals surface area contributed by atoms with Gasteiger partial charge >= 0.3 is 0 Å². The number of nitrogens with zero attached hydrogens (tertiary/aromatic N) is 2. The minimum Gasteiger partial charge on any atom is -0.245 e. The third-order valence-electron chi connectivity index (χ3n) is 1.26. The molecule has 1 rings (SSSR count). The smallest absolute Gasteiger partial charge is 0.245 e. The van der Waals surface area contributed by atoms with Crippen LogP contribution in [0.1, 0.15) is 17.7 Å². The van der Waals surface area contributed by atoms with Crippen molar-refractivity contribution in [2.24, 2.45) is 0 Å². The van der Waals surface area contributed by atoms with Crippen molar-refractivity contribution < 1.29 is 13.2 Å². The highest BCUT2D eigenvalue weighted by Crippen LogP contribution is 2.23. The molecule has 0 aliphatic carbocycles. The lowest BCUT2D eigenvalue weighted by molar-refractivity contribution is 0.145. The van der Waals surface area contributed by atoms with Gasteiger partial charge in [-0.15, -0.1) is 0 Å². The normalized spacial score (nSPS) is 9.92. The minimum atomic E-state index is -3.01. The average Bonchev–Trinajstić information content (AvgIpc) is 2.03. The third kappa shape index (κ3) is 1.37. The fraction of sp³-hybridized carbons (Fsp3) is 0.143. The molecular weight excluding hydrogens is 169 g/mol. The Morgan fingerprint density at radius 2 is 2.17 bits per heavy atom. The summed E-state index contributed by atoms with van der Waals surface area (Å²) in [6.45, 7) is 0. The van der Waals surface area contributed by atoms with E-state index in [9.17, 15) is 13.2 Å². The lowest BCUT2D eigenvalue weighted by atomic mass is 10.2. The molecule has 62 valence electrons. The molecule has 1 aromatic rings. The fourth-order valence-corrected chi connectivity index (χ4v) is 0.746. The van der Waals surface area contributed by atoms with Gasteiger partial charge in [0.15, 0.2) is 5.69 Å². The number of rotatable bonds is 1. The second-order valence-corrected chi connectivity index (χ2v) is 1.97. The Morgan fingerprint density at radius 1 is 1.50 bits per heavy atom. The highest BCUT2D eigenvalue weighted by Gasteiger charge is 2.18. The van der Waals surface area contributed by atoms with Gasteiger partial charge in [-0.25, -0.2) is 18.2 Å². The third-order valence-corrected chi connectivity index (χ3v) is 1.26. The number of nitriles is 1. The Kier molecular flexibility index (Phi) is 2.29. The van der Waals surface area contributed by atoms with Crippen LogP contribution in [0.3, 0.4) is 0 Å². The van der Waals surface area contributed by atoms with Crippen LogP contribution in [0, 0.1) is 17.1 Å². The average molecular weight is 172 g/mol. The lowest BCUT2D eigenvalue weighted by Gasteiger charge is -2.01. The van der Waals surface area contributed by atoms with E-state index in [-0.39, 0.29) is 0 Å². The summed E-state index contributed by atoms with van der Waals surface area (Å²) >= 11 is 0. The summed E-state index contributed by atoms with van der Waals surface area (Å²) in [6, 6.07) is 2.18. The molecule has 0 saturated heterocycles. The molecule has 5 heteroatoms. The van der Waals surface area contributed by atoms with E-state index in [4.69, 9.17) is 5.26 Å². The Morgan fingerprint density at radius 3 is 2.58 bits per heavy atom. The molecule has 1 aromatic heterocycles. The van der Waals surface area contributed by atoms with Crippen molar-refractivity contribution in [2.75, 3.05) is 0 Å². The number of aromatic nitrogens is 1. The number of halogens is 3. The molecule has 0 N–H and O–H groups in total. The number of hydrogen-bond donors (Lipinski definition) is 0. The van der Waals surface area contributed by atoms with Crippen LogP contribution in [0.2, 0.25) is 0 Å². The van der Waals surface area contributed by atoms with E-state index >= 15 is 0 Å². The molecule has 2 nitrogen and oxygen atoms in total. The first-order valence-electron chi connectivity index (χ1n) is 2.99. The first-order chi connectivity index (χ1) is 5.66. The van der Waals surface area contributed by atoms with Crippen molar-refractivity contribution in [3.8, 4) is 6.07 Å². The lowest BCUT2D eigenvalue weighted by Crippen LogP contribution is -1.97. The van der Waals surface area contributed by atoms with E-state index in [0.29, 0.717) is 0 Å². The summed E-state index contributed by atoms with van der Waals surface area (Å²) in [5.74, 6) is -1.10. The summed E-state index contributed by atoms with van der Waals surface area (Å²) in [4.78, 5) is 3.30. The van der Waals surface area contributed by atoms with Gasteiger partial charge in [0, 0.05) is 6.20 Å². The maximum Gasteiger partial charge on any atom is 0.269 e. The zero-order valence-electron chi connectivity index (χ0n) is 5.76. The summed E-state index contributed by atoms with van der Waals surface area (Å²) in [6.07, 6.45) is -2.03.